The predicted molar refractivity (Wildman–Crippen MR) is 160 cm³/mol. The topological polar surface area (TPSA) is 67.2 Å². The maximum atomic E-state index is 13.8. The number of carbonyl (C=O) groups is 2. The van der Waals surface area contributed by atoms with E-state index in [-0.39, 0.29) is 35.4 Å². The Morgan fingerprint density at radius 2 is 1.77 bits per heavy atom. The molecule has 1 N–H and O–H groups in total. The lowest BCUT2D eigenvalue weighted by Gasteiger charge is -2.24. The Morgan fingerprint density at radius 3 is 2.49 bits per heavy atom. The summed E-state index contributed by atoms with van der Waals surface area (Å²) < 4.78 is 1.88. The minimum absolute atomic E-state index is 0.0303. The van der Waals surface area contributed by atoms with Crippen LogP contribution in [0.1, 0.15) is 46.9 Å². The van der Waals surface area contributed by atoms with E-state index in [1.165, 1.54) is 0 Å². The van der Waals surface area contributed by atoms with E-state index in [0.29, 0.717) is 5.82 Å². The summed E-state index contributed by atoms with van der Waals surface area (Å²) in [6.07, 6.45) is 0. The van der Waals surface area contributed by atoms with Crippen LogP contribution in [0, 0.1) is 20.8 Å². The number of rotatable bonds is 6. The van der Waals surface area contributed by atoms with E-state index in [4.69, 9.17) is 5.10 Å². The van der Waals surface area contributed by atoms with Crippen LogP contribution in [-0.2, 0) is 9.59 Å². The van der Waals surface area contributed by atoms with Crippen molar-refractivity contribution >= 4 is 29.4 Å². The summed E-state index contributed by atoms with van der Waals surface area (Å²) in [7, 11) is 0. The molecule has 4 aromatic rings. The molecular formula is C32H34N4O2S. The highest BCUT2D eigenvalue weighted by molar-refractivity contribution is 8.00. The number of hydrogen-bond acceptors (Lipinski definition) is 4. The summed E-state index contributed by atoms with van der Waals surface area (Å²) >= 11 is 1.59. The molecule has 5 rings (SSSR count). The molecule has 1 aliphatic heterocycles. The molecule has 0 spiro atoms. The SMILES string of the molecule is Cc1cccc([C@@H]2SCC(=O)N(CC(=O)NC(C)C)c3c2c(-c2ccccc2)nn3-c2cccc(C)c2C)c1. The Kier molecular flexibility index (Phi) is 7.62. The fourth-order valence-corrected chi connectivity index (χ4v) is 6.26. The predicted octanol–water partition coefficient (Wildman–Crippen LogP) is 6.16. The number of thioether (sulfide) groups is 1. The van der Waals surface area contributed by atoms with E-state index in [1.807, 2.05) is 48.9 Å². The Hall–Kier alpha value is -3.84. The lowest BCUT2D eigenvalue weighted by molar-refractivity contribution is -0.123. The van der Waals surface area contributed by atoms with Gasteiger partial charge in [-0.25, -0.2) is 4.68 Å². The molecule has 1 aliphatic rings. The van der Waals surface area contributed by atoms with Gasteiger partial charge >= 0.3 is 0 Å². The van der Waals surface area contributed by atoms with Gasteiger partial charge in [0.1, 0.15) is 12.4 Å². The number of hydrogen-bond donors (Lipinski definition) is 1. The van der Waals surface area contributed by atoms with Crippen LogP contribution in [0.3, 0.4) is 0 Å². The summed E-state index contributed by atoms with van der Waals surface area (Å²) in [6.45, 7) is 9.99. The number of benzene rings is 3. The fourth-order valence-electron chi connectivity index (χ4n) is 5.07. The summed E-state index contributed by atoms with van der Waals surface area (Å²) in [5.74, 6) is 0.603. The van der Waals surface area contributed by atoms with Crippen molar-refractivity contribution in [3.8, 4) is 16.9 Å². The summed E-state index contributed by atoms with van der Waals surface area (Å²) in [6, 6.07) is 24.6. The Morgan fingerprint density at radius 1 is 1.03 bits per heavy atom. The van der Waals surface area contributed by atoms with Gasteiger partial charge in [-0.05, 0) is 57.4 Å². The van der Waals surface area contributed by atoms with Gasteiger partial charge in [0.15, 0.2) is 0 Å². The molecule has 0 unspecified atom stereocenters. The zero-order valence-electron chi connectivity index (χ0n) is 23.1. The molecule has 0 saturated carbocycles. The summed E-state index contributed by atoms with van der Waals surface area (Å²) in [4.78, 5) is 28.5. The second-order valence-corrected chi connectivity index (χ2v) is 11.5. The molecule has 3 aromatic carbocycles. The largest absolute Gasteiger partial charge is 0.352 e. The van der Waals surface area contributed by atoms with Gasteiger partial charge in [0.2, 0.25) is 11.8 Å². The van der Waals surface area contributed by atoms with Crippen LogP contribution >= 0.6 is 11.8 Å². The molecule has 1 atom stereocenters. The quantitative estimate of drug-likeness (QED) is 0.319. The Bertz CT molecular complexity index is 1530. The normalized spacial score (nSPS) is 15.3. The highest BCUT2D eigenvalue weighted by Gasteiger charge is 2.38. The van der Waals surface area contributed by atoms with Crippen molar-refractivity contribution in [3.05, 3.63) is 101 Å². The molecule has 6 nitrogen and oxygen atoms in total. The Labute approximate surface area is 234 Å². The van der Waals surface area contributed by atoms with Gasteiger partial charge in [-0.1, -0.05) is 72.3 Å². The molecule has 1 aromatic heterocycles. The highest BCUT2D eigenvalue weighted by atomic mass is 32.2. The number of anilines is 1. The van der Waals surface area contributed by atoms with Crippen molar-refractivity contribution in [1.29, 1.82) is 0 Å². The first kappa shape index (κ1) is 26.8. The molecule has 39 heavy (non-hydrogen) atoms. The van der Waals surface area contributed by atoms with Crippen LogP contribution < -0.4 is 10.2 Å². The first-order valence-corrected chi connectivity index (χ1v) is 14.3. The molecule has 0 saturated heterocycles. The van der Waals surface area contributed by atoms with Crippen LogP contribution in [-0.4, -0.2) is 39.9 Å². The van der Waals surface area contributed by atoms with Gasteiger partial charge in [0, 0.05) is 17.2 Å². The molecule has 0 aliphatic carbocycles. The summed E-state index contributed by atoms with van der Waals surface area (Å²) in [5.41, 5.74) is 8.09. The van der Waals surface area contributed by atoms with Crippen LogP contribution in [0.25, 0.3) is 16.9 Å². The van der Waals surface area contributed by atoms with Crippen molar-refractivity contribution in [2.45, 2.75) is 45.9 Å². The zero-order valence-corrected chi connectivity index (χ0v) is 23.9. The molecule has 0 fully saturated rings. The summed E-state index contributed by atoms with van der Waals surface area (Å²) in [5, 5.41) is 8.02. The third-order valence-corrected chi connectivity index (χ3v) is 8.29. The maximum absolute atomic E-state index is 13.8. The van der Waals surface area contributed by atoms with E-state index in [9.17, 15) is 9.59 Å². The first-order valence-electron chi connectivity index (χ1n) is 13.3. The third-order valence-electron chi connectivity index (χ3n) is 7.04. The second kappa shape index (κ2) is 11.1. The molecule has 2 amide bonds. The minimum atomic E-state index is -0.196. The molecule has 0 radical (unpaired) electrons. The lowest BCUT2D eigenvalue weighted by atomic mass is 9.98. The lowest BCUT2D eigenvalue weighted by Crippen LogP contribution is -2.44. The molecule has 0 bridgehead atoms. The van der Waals surface area contributed by atoms with E-state index < -0.39 is 0 Å². The van der Waals surface area contributed by atoms with Gasteiger partial charge in [-0.3, -0.25) is 14.5 Å². The van der Waals surface area contributed by atoms with Crippen molar-refractivity contribution in [2.75, 3.05) is 17.2 Å². The average molecular weight is 539 g/mol. The van der Waals surface area contributed by atoms with Gasteiger partial charge in [0.25, 0.3) is 0 Å². The van der Waals surface area contributed by atoms with Crippen molar-refractivity contribution in [1.82, 2.24) is 15.1 Å². The molecular weight excluding hydrogens is 504 g/mol. The Balaban J connectivity index is 1.84. The van der Waals surface area contributed by atoms with Crippen molar-refractivity contribution in [2.24, 2.45) is 0 Å². The van der Waals surface area contributed by atoms with Crippen LogP contribution in [0.2, 0.25) is 0 Å². The fraction of sp³-hybridized carbons (Fsp3) is 0.281. The number of fused-ring (bicyclic) bond motifs is 1. The van der Waals surface area contributed by atoms with Gasteiger partial charge < -0.3 is 5.32 Å². The number of nitrogens with one attached hydrogen (secondary N) is 1. The van der Waals surface area contributed by atoms with E-state index in [2.05, 4.69) is 68.6 Å². The molecule has 7 heteroatoms. The zero-order chi connectivity index (χ0) is 27.7. The number of amides is 2. The van der Waals surface area contributed by atoms with E-state index >= 15 is 0 Å². The maximum Gasteiger partial charge on any atom is 0.240 e. The van der Waals surface area contributed by atoms with Crippen LogP contribution in [0.4, 0.5) is 5.82 Å². The molecule has 200 valence electrons. The average Bonchev–Trinajstić information content (AvgIpc) is 3.22. The van der Waals surface area contributed by atoms with Crippen LogP contribution in [0.15, 0.2) is 72.8 Å². The number of aromatic nitrogens is 2. The van der Waals surface area contributed by atoms with Gasteiger partial charge in [-0.2, -0.15) is 5.10 Å². The van der Waals surface area contributed by atoms with Crippen LogP contribution in [0.5, 0.6) is 0 Å². The second-order valence-electron chi connectivity index (χ2n) is 10.4. The minimum Gasteiger partial charge on any atom is -0.352 e. The third kappa shape index (κ3) is 5.36. The van der Waals surface area contributed by atoms with Crippen molar-refractivity contribution in [3.63, 3.8) is 0 Å². The van der Waals surface area contributed by atoms with Gasteiger partial charge in [-0.15, -0.1) is 11.8 Å². The van der Waals surface area contributed by atoms with Gasteiger partial charge in [0.05, 0.1) is 22.4 Å². The monoisotopic (exact) mass is 538 g/mol. The molecule has 2 heterocycles. The number of carbonyl (C=O) groups excluding carboxylic acids is 2. The highest BCUT2D eigenvalue weighted by Crippen LogP contribution is 2.48. The first-order chi connectivity index (χ1) is 18.7. The number of nitrogens with zero attached hydrogens (tertiary/aromatic N) is 3. The van der Waals surface area contributed by atoms with E-state index in [1.54, 1.807) is 16.7 Å². The number of aryl methyl sites for hydroxylation is 2. The standard InChI is InChI=1S/C32H34N4O2S/c1-20(2)33-27(37)18-35-28(38)19-39-31(25-15-9-11-21(3)17-25)29-30(24-13-7-6-8-14-24)34-36(32(29)35)26-16-10-12-22(4)23(26)5/h6-17,20,31H,18-19H2,1-5H3,(H,33,37)/t31-/m0/s1. The van der Waals surface area contributed by atoms with E-state index in [0.717, 1.165) is 44.8 Å². The smallest absolute Gasteiger partial charge is 0.240 e. The van der Waals surface area contributed by atoms with Crippen molar-refractivity contribution < 1.29 is 9.59 Å².